The van der Waals surface area contributed by atoms with Crippen molar-refractivity contribution in [2.45, 2.75) is 32.3 Å². The van der Waals surface area contributed by atoms with Crippen molar-refractivity contribution in [2.24, 2.45) is 0 Å². The molecule has 3 aromatic rings. The van der Waals surface area contributed by atoms with Gasteiger partial charge in [-0.2, -0.15) is 13.2 Å². The number of carboxylic acids is 1. The maximum atomic E-state index is 12.8. The van der Waals surface area contributed by atoms with Crippen LogP contribution in [0.15, 0.2) is 52.9 Å². The predicted molar refractivity (Wildman–Crippen MR) is 115 cm³/mol. The van der Waals surface area contributed by atoms with E-state index >= 15 is 0 Å². The molecule has 0 spiro atoms. The van der Waals surface area contributed by atoms with Crippen LogP contribution in [0.3, 0.4) is 0 Å². The Morgan fingerprint density at radius 3 is 2.71 bits per heavy atom. The number of carboxylic acid groups (broad SMARTS) is 1. The van der Waals surface area contributed by atoms with Crippen molar-refractivity contribution < 1.29 is 37.0 Å². The van der Waals surface area contributed by atoms with Gasteiger partial charge in [-0.15, -0.1) is 0 Å². The number of aliphatic carboxylic acids is 1. The molecule has 0 bridgehead atoms. The van der Waals surface area contributed by atoms with Gasteiger partial charge in [0.25, 0.3) is 0 Å². The van der Waals surface area contributed by atoms with Crippen LogP contribution in [0.1, 0.15) is 22.6 Å². The Morgan fingerprint density at radius 2 is 2.00 bits per heavy atom. The molecule has 0 aliphatic carbocycles. The van der Waals surface area contributed by atoms with Crippen molar-refractivity contribution in [1.29, 1.82) is 0 Å². The van der Waals surface area contributed by atoms with E-state index in [9.17, 15) is 23.1 Å². The minimum Gasteiger partial charge on any atom is -0.487 e. The number of morpholine rings is 1. The van der Waals surface area contributed by atoms with E-state index in [1.807, 2.05) is 23.1 Å². The number of benzene rings is 2. The van der Waals surface area contributed by atoms with Crippen LogP contribution < -0.4 is 4.74 Å². The summed E-state index contributed by atoms with van der Waals surface area (Å²) >= 11 is 0. The number of aryl methyl sites for hydroxylation is 1. The Hall–Kier alpha value is -3.37. The highest BCUT2D eigenvalue weighted by Gasteiger charge is 2.30. The van der Waals surface area contributed by atoms with E-state index in [1.54, 1.807) is 13.0 Å². The second-order valence-electron chi connectivity index (χ2n) is 7.93. The van der Waals surface area contributed by atoms with Gasteiger partial charge in [0, 0.05) is 18.7 Å². The van der Waals surface area contributed by atoms with E-state index in [0.717, 1.165) is 17.7 Å². The lowest BCUT2D eigenvalue weighted by molar-refractivity contribution is -0.150. The summed E-state index contributed by atoms with van der Waals surface area (Å²) in [6.07, 6.45) is -4.41. The molecule has 2 heterocycles. The van der Waals surface area contributed by atoms with E-state index in [-0.39, 0.29) is 19.1 Å². The molecule has 0 radical (unpaired) electrons. The lowest BCUT2D eigenvalue weighted by atomic mass is 10.1. The zero-order valence-electron chi connectivity index (χ0n) is 18.3. The third kappa shape index (κ3) is 5.57. The van der Waals surface area contributed by atoms with Gasteiger partial charge < -0.3 is 19.0 Å². The molecule has 1 N–H and O–H groups in total. The van der Waals surface area contributed by atoms with Crippen molar-refractivity contribution >= 4 is 5.97 Å². The number of halogens is 3. The van der Waals surface area contributed by atoms with Crippen LogP contribution in [0, 0.1) is 6.92 Å². The standard InChI is InChI=1S/C24H23F3N2O5/c1-15-20(28-22(34-15)17-5-7-18(8-6-17)24(25,26)27)13-33-19-4-2-3-16(11-19)12-29-9-10-32-14-21(29)23(30)31/h2-8,11,21H,9-10,12-14H2,1H3,(H,30,31). The number of hydrogen-bond donors (Lipinski definition) is 1. The topological polar surface area (TPSA) is 85.0 Å². The Morgan fingerprint density at radius 1 is 1.24 bits per heavy atom. The van der Waals surface area contributed by atoms with Crippen molar-refractivity contribution in [1.82, 2.24) is 9.88 Å². The van der Waals surface area contributed by atoms with Crippen LogP contribution in [-0.2, 0) is 28.9 Å². The molecule has 1 aliphatic rings. The summed E-state index contributed by atoms with van der Waals surface area (Å²) in [4.78, 5) is 17.7. The lowest BCUT2D eigenvalue weighted by Crippen LogP contribution is -2.49. The van der Waals surface area contributed by atoms with Crippen LogP contribution >= 0.6 is 0 Å². The van der Waals surface area contributed by atoms with E-state index in [2.05, 4.69) is 4.98 Å². The Bertz CT molecular complexity index is 1140. The Labute approximate surface area is 193 Å². The third-order valence-corrected chi connectivity index (χ3v) is 5.54. The lowest BCUT2D eigenvalue weighted by Gasteiger charge is -2.32. The fourth-order valence-electron chi connectivity index (χ4n) is 3.66. The van der Waals surface area contributed by atoms with Gasteiger partial charge in [0.05, 0.1) is 18.8 Å². The zero-order chi connectivity index (χ0) is 24.3. The molecule has 1 unspecified atom stereocenters. The summed E-state index contributed by atoms with van der Waals surface area (Å²) in [6, 6.07) is 11.2. The number of oxazole rings is 1. The molecule has 1 fully saturated rings. The van der Waals surface area contributed by atoms with Crippen LogP contribution in [0.25, 0.3) is 11.5 Å². The first-order chi connectivity index (χ1) is 16.2. The van der Waals surface area contributed by atoms with Crippen molar-refractivity contribution in [3.8, 4) is 17.2 Å². The number of hydrogen-bond acceptors (Lipinski definition) is 6. The molecule has 7 nitrogen and oxygen atoms in total. The fourth-order valence-corrected chi connectivity index (χ4v) is 3.66. The highest BCUT2D eigenvalue weighted by atomic mass is 19.4. The first-order valence-electron chi connectivity index (χ1n) is 10.6. The highest BCUT2D eigenvalue weighted by molar-refractivity contribution is 5.73. The molecule has 10 heteroatoms. The maximum absolute atomic E-state index is 12.8. The number of carbonyl (C=O) groups is 1. The minimum atomic E-state index is -4.41. The molecule has 1 aromatic heterocycles. The summed E-state index contributed by atoms with van der Waals surface area (Å²) in [6.45, 7) is 3.41. The van der Waals surface area contributed by atoms with Crippen LogP contribution in [-0.4, -0.2) is 46.8 Å². The first kappa shape index (κ1) is 23.8. The van der Waals surface area contributed by atoms with Gasteiger partial charge in [-0.05, 0) is 48.9 Å². The largest absolute Gasteiger partial charge is 0.487 e. The number of rotatable bonds is 7. The van der Waals surface area contributed by atoms with Gasteiger partial charge in [0.1, 0.15) is 29.9 Å². The van der Waals surface area contributed by atoms with Crippen molar-refractivity contribution in [3.63, 3.8) is 0 Å². The van der Waals surface area contributed by atoms with Gasteiger partial charge in [-0.1, -0.05) is 12.1 Å². The summed E-state index contributed by atoms with van der Waals surface area (Å²) in [5, 5.41) is 9.40. The van der Waals surface area contributed by atoms with E-state index in [1.165, 1.54) is 12.1 Å². The molecule has 1 saturated heterocycles. The molecule has 2 aromatic carbocycles. The third-order valence-electron chi connectivity index (χ3n) is 5.54. The molecular formula is C24H23F3N2O5. The second-order valence-corrected chi connectivity index (χ2v) is 7.93. The van der Waals surface area contributed by atoms with Crippen LogP contribution in [0.4, 0.5) is 13.2 Å². The van der Waals surface area contributed by atoms with Crippen LogP contribution in [0.5, 0.6) is 5.75 Å². The zero-order valence-corrected chi connectivity index (χ0v) is 18.3. The summed E-state index contributed by atoms with van der Waals surface area (Å²) < 4.78 is 55.1. The molecule has 1 aliphatic heterocycles. The highest BCUT2D eigenvalue weighted by Crippen LogP contribution is 2.31. The normalized spacial score (nSPS) is 17.0. The number of nitrogens with zero attached hydrogens (tertiary/aromatic N) is 2. The number of aromatic nitrogens is 1. The van der Waals surface area contributed by atoms with Gasteiger partial charge in [-0.25, -0.2) is 4.98 Å². The first-order valence-corrected chi connectivity index (χ1v) is 10.6. The van der Waals surface area contributed by atoms with Gasteiger partial charge in [-0.3, -0.25) is 9.69 Å². The molecular weight excluding hydrogens is 453 g/mol. The molecule has 34 heavy (non-hydrogen) atoms. The van der Waals surface area contributed by atoms with Gasteiger partial charge in [0.15, 0.2) is 0 Å². The van der Waals surface area contributed by atoms with E-state index in [0.29, 0.717) is 42.5 Å². The molecule has 4 rings (SSSR count). The minimum absolute atomic E-state index is 0.106. The molecule has 0 saturated carbocycles. The monoisotopic (exact) mass is 476 g/mol. The van der Waals surface area contributed by atoms with Crippen molar-refractivity contribution in [2.75, 3.05) is 19.8 Å². The average Bonchev–Trinajstić information content (AvgIpc) is 3.18. The quantitative estimate of drug-likeness (QED) is 0.536. The summed E-state index contributed by atoms with van der Waals surface area (Å²) in [5.74, 6) is 0.378. The smallest absolute Gasteiger partial charge is 0.416 e. The molecule has 180 valence electrons. The van der Waals surface area contributed by atoms with Gasteiger partial charge in [0.2, 0.25) is 5.89 Å². The molecule has 0 amide bonds. The van der Waals surface area contributed by atoms with E-state index in [4.69, 9.17) is 13.9 Å². The fraction of sp³-hybridized carbons (Fsp3) is 0.333. The Kier molecular flexibility index (Phi) is 6.90. The van der Waals surface area contributed by atoms with E-state index < -0.39 is 23.8 Å². The maximum Gasteiger partial charge on any atom is 0.416 e. The second kappa shape index (κ2) is 9.86. The van der Waals surface area contributed by atoms with Crippen molar-refractivity contribution in [3.05, 3.63) is 71.1 Å². The predicted octanol–water partition coefficient (Wildman–Crippen LogP) is 4.53. The summed E-state index contributed by atoms with van der Waals surface area (Å²) in [7, 11) is 0. The summed E-state index contributed by atoms with van der Waals surface area (Å²) in [5.41, 5.74) is 1.12. The SMILES string of the molecule is Cc1oc(-c2ccc(C(F)(F)F)cc2)nc1COc1cccc(CN2CCOCC2C(=O)O)c1. The van der Waals surface area contributed by atoms with Crippen LogP contribution in [0.2, 0.25) is 0 Å². The average molecular weight is 476 g/mol. The Balaban J connectivity index is 1.41. The number of ether oxygens (including phenoxy) is 2. The number of alkyl halides is 3. The van der Waals surface area contributed by atoms with Gasteiger partial charge >= 0.3 is 12.1 Å². The molecule has 1 atom stereocenters.